The van der Waals surface area contributed by atoms with Gasteiger partial charge in [-0.1, -0.05) is 0 Å². The van der Waals surface area contributed by atoms with E-state index < -0.39 is 0 Å². The number of fused-ring (bicyclic) bond motifs is 3. The molecule has 158 valence electrons. The zero-order valence-electron chi connectivity index (χ0n) is 17.3. The molecule has 2 aromatic heterocycles. The molecule has 1 amide bonds. The number of hydrogen-bond donors (Lipinski definition) is 1. The SMILES string of the molecule is CC(C)(CNC(=O)CCn1cnc2sc3c(c2c1=O)CCCC3)N1CCOCC1. The summed E-state index contributed by atoms with van der Waals surface area (Å²) in [5.41, 5.74) is 1.07. The van der Waals surface area contributed by atoms with E-state index in [1.54, 1.807) is 22.2 Å². The number of nitrogens with one attached hydrogen (secondary N) is 1. The molecule has 4 rings (SSSR count). The van der Waals surface area contributed by atoms with Gasteiger partial charge in [-0.05, 0) is 45.1 Å². The molecule has 0 saturated carbocycles. The normalized spacial score (nSPS) is 18.0. The van der Waals surface area contributed by atoms with E-state index in [1.165, 1.54) is 16.9 Å². The highest BCUT2D eigenvalue weighted by Gasteiger charge is 2.28. The molecule has 0 aromatic carbocycles. The van der Waals surface area contributed by atoms with Gasteiger partial charge in [-0.3, -0.25) is 19.1 Å². The number of morpholine rings is 1. The van der Waals surface area contributed by atoms with Crippen molar-refractivity contribution in [2.75, 3.05) is 32.8 Å². The predicted molar refractivity (Wildman–Crippen MR) is 115 cm³/mol. The second-order valence-electron chi connectivity index (χ2n) is 8.57. The van der Waals surface area contributed by atoms with Gasteiger partial charge in [-0.15, -0.1) is 11.3 Å². The molecule has 1 fully saturated rings. The first kappa shape index (κ1) is 20.5. The lowest BCUT2D eigenvalue weighted by Gasteiger charge is -2.40. The van der Waals surface area contributed by atoms with Crippen LogP contribution in [0, 0.1) is 0 Å². The third-order valence-corrected chi connectivity index (χ3v) is 7.31. The van der Waals surface area contributed by atoms with Crippen molar-refractivity contribution in [3.63, 3.8) is 0 Å². The molecule has 1 aliphatic carbocycles. The highest BCUT2D eigenvalue weighted by atomic mass is 32.1. The maximum absolute atomic E-state index is 13.0. The Morgan fingerprint density at radius 3 is 2.83 bits per heavy atom. The first-order valence-electron chi connectivity index (χ1n) is 10.5. The Hall–Kier alpha value is -1.77. The molecule has 2 aliphatic rings. The van der Waals surface area contributed by atoms with Crippen molar-refractivity contribution in [2.24, 2.45) is 0 Å². The van der Waals surface area contributed by atoms with Crippen LogP contribution in [0.25, 0.3) is 10.2 Å². The van der Waals surface area contributed by atoms with Gasteiger partial charge in [0.25, 0.3) is 5.56 Å². The van der Waals surface area contributed by atoms with Crippen molar-refractivity contribution >= 4 is 27.5 Å². The largest absolute Gasteiger partial charge is 0.379 e. The fourth-order valence-corrected chi connectivity index (χ4v) is 5.47. The first-order valence-corrected chi connectivity index (χ1v) is 11.4. The van der Waals surface area contributed by atoms with Crippen molar-refractivity contribution in [1.82, 2.24) is 19.8 Å². The number of thiophene rings is 1. The zero-order valence-corrected chi connectivity index (χ0v) is 18.1. The van der Waals surface area contributed by atoms with Crippen LogP contribution in [0.1, 0.15) is 43.6 Å². The molecule has 1 N–H and O–H groups in total. The van der Waals surface area contributed by atoms with Gasteiger partial charge in [0.2, 0.25) is 5.91 Å². The van der Waals surface area contributed by atoms with Crippen molar-refractivity contribution in [1.29, 1.82) is 0 Å². The Kier molecular flexibility index (Phi) is 6.03. The molecular formula is C21H30N4O3S. The summed E-state index contributed by atoms with van der Waals surface area (Å²) in [6.07, 6.45) is 6.21. The molecule has 3 heterocycles. The molecule has 7 nitrogen and oxygen atoms in total. The van der Waals surface area contributed by atoms with E-state index in [9.17, 15) is 9.59 Å². The summed E-state index contributed by atoms with van der Waals surface area (Å²) in [5, 5.41) is 3.82. The number of ether oxygens (including phenoxy) is 1. The molecule has 2 aromatic rings. The summed E-state index contributed by atoms with van der Waals surface area (Å²) < 4.78 is 7.01. The summed E-state index contributed by atoms with van der Waals surface area (Å²) >= 11 is 1.65. The Morgan fingerprint density at radius 1 is 1.28 bits per heavy atom. The predicted octanol–water partition coefficient (Wildman–Crippen LogP) is 1.95. The Bertz CT molecular complexity index is 943. The number of hydrogen-bond acceptors (Lipinski definition) is 6. The van der Waals surface area contributed by atoms with Gasteiger partial charge < -0.3 is 10.1 Å². The highest BCUT2D eigenvalue weighted by molar-refractivity contribution is 7.18. The van der Waals surface area contributed by atoms with Crippen LogP contribution in [0.2, 0.25) is 0 Å². The fraction of sp³-hybridized carbons (Fsp3) is 0.667. The van der Waals surface area contributed by atoms with Gasteiger partial charge in [0.1, 0.15) is 4.83 Å². The molecule has 1 saturated heterocycles. The lowest BCUT2D eigenvalue weighted by atomic mass is 9.97. The van der Waals surface area contributed by atoms with E-state index in [-0.39, 0.29) is 23.4 Å². The molecule has 0 spiro atoms. The van der Waals surface area contributed by atoms with Crippen LogP contribution in [-0.2, 0) is 28.9 Å². The summed E-state index contributed by atoms with van der Waals surface area (Å²) in [4.78, 5) is 34.4. The average molecular weight is 419 g/mol. The lowest BCUT2D eigenvalue weighted by molar-refractivity contribution is -0.122. The summed E-state index contributed by atoms with van der Waals surface area (Å²) in [6.45, 7) is 8.46. The molecule has 0 bridgehead atoms. The Labute approximate surface area is 175 Å². The van der Waals surface area contributed by atoms with E-state index in [2.05, 4.69) is 29.0 Å². The van der Waals surface area contributed by atoms with Crippen LogP contribution in [-0.4, -0.2) is 58.7 Å². The van der Waals surface area contributed by atoms with Crippen molar-refractivity contribution < 1.29 is 9.53 Å². The van der Waals surface area contributed by atoms with E-state index in [0.717, 1.165) is 55.8 Å². The average Bonchev–Trinajstić information content (AvgIpc) is 3.12. The lowest BCUT2D eigenvalue weighted by Crippen LogP contribution is -2.55. The van der Waals surface area contributed by atoms with Gasteiger partial charge in [0.05, 0.1) is 24.9 Å². The fourth-order valence-electron chi connectivity index (χ4n) is 4.25. The van der Waals surface area contributed by atoms with Crippen LogP contribution in [0.3, 0.4) is 0 Å². The van der Waals surface area contributed by atoms with E-state index in [4.69, 9.17) is 4.74 Å². The van der Waals surface area contributed by atoms with Crippen LogP contribution in [0.5, 0.6) is 0 Å². The first-order chi connectivity index (χ1) is 14.0. The monoisotopic (exact) mass is 418 g/mol. The quantitative estimate of drug-likeness (QED) is 0.776. The zero-order chi connectivity index (χ0) is 20.4. The van der Waals surface area contributed by atoms with E-state index in [0.29, 0.717) is 13.1 Å². The van der Waals surface area contributed by atoms with Gasteiger partial charge in [0.15, 0.2) is 0 Å². The number of aryl methyl sites for hydroxylation is 3. The maximum atomic E-state index is 13.0. The number of aromatic nitrogens is 2. The van der Waals surface area contributed by atoms with E-state index in [1.807, 2.05) is 0 Å². The van der Waals surface area contributed by atoms with Gasteiger partial charge >= 0.3 is 0 Å². The second-order valence-corrected chi connectivity index (χ2v) is 9.66. The number of amides is 1. The van der Waals surface area contributed by atoms with Crippen molar-refractivity contribution in [3.8, 4) is 0 Å². The Balaban J connectivity index is 1.37. The third kappa shape index (κ3) is 4.39. The molecular weight excluding hydrogens is 388 g/mol. The molecule has 1 aliphatic heterocycles. The smallest absolute Gasteiger partial charge is 0.262 e. The third-order valence-electron chi connectivity index (χ3n) is 6.11. The van der Waals surface area contributed by atoms with Crippen LogP contribution in [0.15, 0.2) is 11.1 Å². The Morgan fingerprint density at radius 2 is 2.03 bits per heavy atom. The molecule has 0 unspecified atom stereocenters. The second kappa shape index (κ2) is 8.53. The van der Waals surface area contributed by atoms with E-state index >= 15 is 0 Å². The molecule has 29 heavy (non-hydrogen) atoms. The maximum Gasteiger partial charge on any atom is 0.262 e. The van der Waals surface area contributed by atoms with Gasteiger partial charge in [0, 0.05) is 43.0 Å². The standard InChI is InChI=1S/C21H30N4O3S/c1-21(2,25-9-11-28-12-10-25)13-22-17(26)7-8-24-14-23-19-18(20(24)27)15-5-3-4-6-16(15)29-19/h14H,3-13H2,1-2H3,(H,22,26). The van der Waals surface area contributed by atoms with Crippen LogP contribution < -0.4 is 10.9 Å². The summed E-state index contributed by atoms with van der Waals surface area (Å²) in [5.74, 6) is -0.0364. The topological polar surface area (TPSA) is 76.5 Å². The number of nitrogens with zero attached hydrogens (tertiary/aromatic N) is 3. The molecule has 0 atom stereocenters. The number of carbonyl (C=O) groups is 1. The summed E-state index contributed by atoms with van der Waals surface area (Å²) in [6, 6.07) is 0. The van der Waals surface area contributed by atoms with Crippen LogP contribution >= 0.6 is 11.3 Å². The van der Waals surface area contributed by atoms with Crippen molar-refractivity contribution in [2.45, 2.75) is 58.0 Å². The number of rotatable bonds is 6. The van der Waals surface area contributed by atoms with Crippen molar-refractivity contribution in [3.05, 3.63) is 27.1 Å². The number of carbonyl (C=O) groups excluding carboxylic acids is 1. The minimum atomic E-state index is -0.119. The summed E-state index contributed by atoms with van der Waals surface area (Å²) in [7, 11) is 0. The molecule has 8 heteroatoms. The van der Waals surface area contributed by atoms with Gasteiger partial charge in [-0.25, -0.2) is 4.98 Å². The highest BCUT2D eigenvalue weighted by Crippen LogP contribution is 2.33. The van der Waals surface area contributed by atoms with Crippen LogP contribution in [0.4, 0.5) is 0 Å². The minimum Gasteiger partial charge on any atom is -0.379 e. The molecule has 0 radical (unpaired) electrons. The van der Waals surface area contributed by atoms with Gasteiger partial charge in [-0.2, -0.15) is 0 Å². The minimum absolute atomic E-state index is 0.00385.